The quantitative estimate of drug-likeness (QED) is 0.502. The Morgan fingerprint density at radius 2 is 1.48 bits per heavy atom. The largest absolute Gasteiger partial charge is 0.504 e. The molecule has 1 aromatic heterocycles. The van der Waals surface area contributed by atoms with E-state index in [2.05, 4.69) is 32.0 Å². The van der Waals surface area contributed by atoms with Gasteiger partial charge in [0.25, 0.3) is 0 Å². The summed E-state index contributed by atoms with van der Waals surface area (Å²) < 4.78 is 1.86. The van der Waals surface area contributed by atoms with Gasteiger partial charge in [0.1, 0.15) is 11.4 Å². The summed E-state index contributed by atoms with van der Waals surface area (Å²) in [5.41, 5.74) is 7.53. The van der Waals surface area contributed by atoms with E-state index in [-0.39, 0.29) is 5.75 Å². The number of aromatic nitrogens is 2. The van der Waals surface area contributed by atoms with Gasteiger partial charge >= 0.3 is 0 Å². The van der Waals surface area contributed by atoms with Gasteiger partial charge in [0.15, 0.2) is 5.75 Å². The predicted octanol–water partition coefficient (Wildman–Crippen LogP) is 5.84. The van der Waals surface area contributed by atoms with Crippen LogP contribution < -0.4 is 0 Å². The van der Waals surface area contributed by atoms with Gasteiger partial charge in [0.2, 0.25) is 0 Å². The van der Waals surface area contributed by atoms with Gasteiger partial charge in [-0.3, -0.25) is 0 Å². The molecule has 4 aromatic rings. The second-order valence-electron chi connectivity index (χ2n) is 6.98. The highest BCUT2D eigenvalue weighted by Gasteiger charge is 2.21. The maximum absolute atomic E-state index is 11.1. The minimum atomic E-state index is 0.202. The van der Waals surface area contributed by atoms with Crippen molar-refractivity contribution in [1.29, 1.82) is 0 Å². The molecule has 0 aliphatic rings. The molecule has 27 heavy (non-hydrogen) atoms. The second kappa shape index (κ2) is 6.76. The van der Waals surface area contributed by atoms with Gasteiger partial charge in [-0.2, -0.15) is 5.10 Å². The molecule has 0 saturated carbocycles. The fourth-order valence-electron chi connectivity index (χ4n) is 3.34. The summed E-state index contributed by atoms with van der Waals surface area (Å²) in [5.74, 6) is 0.202. The summed E-state index contributed by atoms with van der Waals surface area (Å²) in [5, 5.41) is 16.0. The number of nitrogens with zero attached hydrogens (tertiary/aromatic N) is 2. The van der Waals surface area contributed by atoms with E-state index >= 15 is 0 Å². The van der Waals surface area contributed by atoms with E-state index in [1.54, 1.807) is 0 Å². The lowest BCUT2D eigenvalue weighted by atomic mass is 10.0. The first-order valence-electron chi connectivity index (χ1n) is 9.06. The normalized spacial score (nSPS) is 10.9. The van der Waals surface area contributed by atoms with E-state index in [4.69, 9.17) is 5.10 Å². The summed E-state index contributed by atoms with van der Waals surface area (Å²) in [7, 11) is 0. The van der Waals surface area contributed by atoms with Crippen molar-refractivity contribution in [2.45, 2.75) is 20.8 Å². The number of hydrogen-bond donors (Lipinski definition) is 1. The van der Waals surface area contributed by atoms with E-state index in [1.807, 2.05) is 66.2 Å². The third-order valence-electron chi connectivity index (χ3n) is 4.82. The Labute approximate surface area is 159 Å². The van der Waals surface area contributed by atoms with E-state index in [0.29, 0.717) is 11.4 Å². The lowest BCUT2D eigenvalue weighted by Gasteiger charge is -2.11. The fourth-order valence-corrected chi connectivity index (χ4v) is 3.34. The molecule has 0 unspecified atom stereocenters. The first-order chi connectivity index (χ1) is 13.0. The zero-order valence-electron chi connectivity index (χ0n) is 15.8. The van der Waals surface area contributed by atoms with Crippen LogP contribution in [-0.4, -0.2) is 14.9 Å². The molecule has 4 rings (SSSR count). The number of aromatic hydroxyl groups is 1. The van der Waals surface area contributed by atoms with Gasteiger partial charge in [-0.25, -0.2) is 4.68 Å². The molecule has 0 aliphatic carbocycles. The summed E-state index contributed by atoms with van der Waals surface area (Å²) in [6.45, 7) is 6.16. The standard InChI is InChI=1S/C24H22N2O/c1-16-11-13-19(14-12-16)22-24(27)23(20-9-6-7-17(2)15-20)26(25-22)21-10-5-4-8-18(21)3/h4-15,27H,1-3H3. The molecule has 0 saturated heterocycles. The maximum Gasteiger partial charge on any atom is 0.170 e. The van der Waals surface area contributed by atoms with Gasteiger partial charge in [-0.15, -0.1) is 0 Å². The zero-order valence-corrected chi connectivity index (χ0v) is 15.8. The molecular weight excluding hydrogens is 332 g/mol. The predicted molar refractivity (Wildman–Crippen MR) is 110 cm³/mol. The van der Waals surface area contributed by atoms with Crippen molar-refractivity contribution in [1.82, 2.24) is 9.78 Å². The Bertz CT molecular complexity index is 1110. The van der Waals surface area contributed by atoms with Crippen LogP contribution in [0.1, 0.15) is 16.7 Å². The zero-order chi connectivity index (χ0) is 19.0. The average Bonchev–Trinajstić information content (AvgIpc) is 3.00. The highest BCUT2D eigenvalue weighted by Crippen LogP contribution is 2.40. The van der Waals surface area contributed by atoms with Gasteiger partial charge in [-0.1, -0.05) is 71.8 Å². The summed E-state index contributed by atoms with van der Waals surface area (Å²) >= 11 is 0. The highest BCUT2D eigenvalue weighted by molar-refractivity contribution is 5.80. The molecule has 0 atom stereocenters. The van der Waals surface area contributed by atoms with Crippen molar-refractivity contribution in [2.75, 3.05) is 0 Å². The van der Waals surface area contributed by atoms with Crippen molar-refractivity contribution in [2.24, 2.45) is 0 Å². The lowest BCUT2D eigenvalue weighted by Crippen LogP contribution is -2.01. The minimum absolute atomic E-state index is 0.202. The Kier molecular flexibility index (Phi) is 4.28. The van der Waals surface area contributed by atoms with Crippen molar-refractivity contribution >= 4 is 0 Å². The van der Waals surface area contributed by atoms with Crippen LogP contribution in [0.15, 0.2) is 72.8 Å². The Balaban J connectivity index is 2.00. The van der Waals surface area contributed by atoms with Crippen LogP contribution in [0.4, 0.5) is 0 Å². The van der Waals surface area contributed by atoms with Crippen LogP contribution >= 0.6 is 0 Å². The van der Waals surface area contributed by atoms with Crippen molar-refractivity contribution < 1.29 is 5.11 Å². The average molecular weight is 354 g/mol. The molecule has 1 N–H and O–H groups in total. The first kappa shape index (κ1) is 17.1. The van der Waals surface area contributed by atoms with Crippen LogP contribution in [0.3, 0.4) is 0 Å². The Hall–Kier alpha value is -3.33. The number of para-hydroxylation sites is 1. The Morgan fingerprint density at radius 1 is 0.741 bits per heavy atom. The van der Waals surface area contributed by atoms with Gasteiger partial charge in [0, 0.05) is 11.1 Å². The fraction of sp³-hybridized carbons (Fsp3) is 0.125. The van der Waals surface area contributed by atoms with Crippen LogP contribution in [0.5, 0.6) is 5.75 Å². The topological polar surface area (TPSA) is 38.0 Å². The molecule has 0 radical (unpaired) electrons. The van der Waals surface area contributed by atoms with Crippen molar-refractivity contribution in [3.8, 4) is 34.0 Å². The molecule has 3 heteroatoms. The highest BCUT2D eigenvalue weighted by atomic mass is 16.3. The summed E-state index contributed by atoms with van der Waals surface area (Å²) in [4.78, 5) is 0. The van der Waals surface area contributed by atoms with E-state index in [9.17, 15) is 5.11 Å². The molecular formula is C24H22N2O. The van der Waals surface area contributed by atoms with Crippen molar-refractivity contribution in [3.63, 3.8) is 0 Å². The maximum atomic E-state index is 11.1. The number of rotatable bonds is 3. The molecule has 134 valence electrons. The number of benzene rings is 3. The van der Waals surface area contributed by atoms with E-state index in [0.717, 1.165) is 27.9 Å². The number of hydrogen-bond acceptors (Lipinski definition) is 2. The van der Waals surface area contributed by atoms with Crippen LogP contribution in [-0.2, 0) is 0 Å². The van der Waals surface area contributed by atoms with Gasteiger partial charge < -0.3 is 5.11 Å². The monoisotopic (exact) mass is 354 g/mol. The van der Waals surface area contributed by atoms with Gasteiger partial charge in [-0.05, 0) is 38.5 Å². The third kappa shape index (κ3) is 3.13. The van der Waals surface area contributed by atoms with Crippen molar-refractivity contribution in [3.05, 3.63) is 89.5 Å². The molecule has 1 heterocycles. The number of aryl methyl sites for hydroxylation is 3. The molecule has 0 amide bonds. The summed E-state index contributed by atoms with van der Waals surface area (Å²) in [6, 6.07) is 24.3. The molecule has 3 nitrogen and oxygen atoms in total. The van der Waals surface area contributed by atoms with Crippen LogP contribution in [0, 0.1) is 20.8 Å². The molecule has 0 spiro atoms. The van der Waals surface area contributed by atoms with Crippen LogP contribution in [0.2, 0.25) is 0 Å². The Morgan fingerprint density at radius 3 is 2.19 bits per heavy atom. The SMILES string of the molecule is Cc1ccc(-c2nn(-c3ccccc3C)c(-c3cccc(C)c3)c2O)cc1. The first-order valence-corrected chi connectivity index (χ1v) is 9.06. The summed E-state index contributed by atoms with van der Waals surface area (Å²) in [6.07, 6.45) is 0. The molecule has 0 fully saturated rings. The molecule has 3 aromatic carbocycles. The van der Waals surface area contributed by atoms with E-state index < -0.39 is 0 Å². The smallest absolute Gasteiger partial charge is 0.170 e. The van der Waals surface area contributed by atoms with Crippen LogP contribution in [0.25, 0.3) is 28.2 Å². The third-order valence-corrected chi connectivity index (χ3v) is 4.82. The van der Waals surface area contributed by atoms with Gasteiger partial charge in [0.05, 0.1) is 5.69 Å². The minimum Gasteiger partial charge on any atom is -0.504 e. The molecule has 0 aliphatic heterocycles. The van der Waals surface area contributed by atoms with E-state index in [1.165, 1.54) is 5.56 Å². The molecule has 0 bridgehead atoms. The second-order valence-corrected chi connectivity index (χ2v) is 6.98. The lowest BCUT2D eigenvalue weighted by molar-refractivity contribution is 0.479.